The van der Waals surface area contributed by atoms with Crippen molar-refractivity contribution in [2.45, 2.75) is 4.90 Å². The van der Waals surface area contributed by atoms with Gasteiger partial charge < -0.3 is 0 Å². The average molecular weight is 352 g/mol. The van der Waals surface area contributed by atoms with Crippen molar-refractivity contribution in [1.29, 1.82) is 0 Å². The van der Waals surface area contributed by atoms with Crippen molar-refractivity contribution in [3.8, 4) is 5.69 Å². The molecule has 5 nitrogen and oxygen atoms in total. The first-order valence-electron chi connectivity index (χ1n) is 6.54. The minimum Gasteiger partial charge on any atom is -0.277 e. The van der Waals surface area contributed by atoms with Crippen LogP contribution in [0.5, 0.6) is 0 Å². The summed E-state index contributed by atoms with van der Waals surface area (Å²) in [6.45, 7) is 0. The second kappa shape index (κ2) is 6.02. The first-order valence-corrected chi connectivity index (χ1v) is 8.40. The summed E-state index contributed by atoms with van der Waals surface area (Å²) in [6, 6.07) is 11.0. The monoisotopic (exact) mass is 351 g/mol. The van der Waals surface area contributed by atoms with Crippen LogP contribution in [0.25, 0.3) is 5.69 Å². The van der Waals surface area contributed by atoms with Gasteiger partial charge >= 0.3 is 0 Å². The van der Waals surface area contributed by atoms with Gasteiger partial charge in [0, 0.05) is 17.4 Å². The van der Waals surface area contributed by atoms with Gasteiger partial charge in [-0.2, -0.15) is 5.10 Å². The van der Waals surface area contributed by atoms with Crippen LogP contribution in [0.4, 0.5) is 10.1 Å². The fourth-order valence-corrected chi connectivity index (χ4v) is 3.25. The molecular formula is C15H11ClFN3O2S. The summed E-state index contributed by atoms with van der Waals surface area (Å²) in [5.74, 6) is -0.507. The van der Waals surface area contributed by atoms with Crippen molar-refractivity contribution >= 4 is 27.3 Å². The fourth-order valence-electron chi connectivity index (χ4n) is 2.01. The third kappa shape index (κ3) is 3.35. The van der Waals surface area contributed by atoms with E-state index in [1.165, 1.54) is 16.8 Å². The SMILES string of the molecule is O=S(=O)(Nc1ccc(Cl)cc1-n1cccn1)c1ccc(F)cc1. The molecule has 118 valence electrons. The third-order valence-electron chi connectivity index (χ3n) is 3.08. The summed E-state index contributed by atoms with van der Waals surface area (Å²) in [7, 11) is -3.86. The Morgan fingerprint density at radius 3 is 2.52 bits per heavy atom. The highest BCUT2D eigenvalue weighted by Crippen LogP contribution is 2.26. The second-order valence-electron chi connectivity index (χ2n) is 4.67. The van der Waals surface area contributed by atoms with Crippen molar-refractivity contribution < 1.29 is 12.8 Å². The molecule has 0 radical (unpaired) electrons. The zero-order chi connectivity index (χ0) is 16.4. The van der Waals surface area contributed by atoms with E-state index in [4.69, 9.17) is 11.6 Å². The molecule has 0 fully saturated rings. The van der Waals surface area contributed by atoms with Gasteiger partial charge in [0.05, 0.1) is 16.3 Å². The maximum atomic E-state index is 13.0. The van der Waals surface area contributed by atoms with Crippen molar-refractivity contribution in [2.24, 2.45) is 0 Å². The molecule has 0 saturated heterocycles. The van der Waals surface area contributed by atoms with E-state index in [-0.39, 0.29) is 4.90 Å². The summed E-state index contributed by atoms with van der Waals surface area (Å²) in [5.41, 5.74) is 0.788. The highest BCUT2D eigenvalue weighted by Gasteiger charge is 2.17. The Kier molecular flexibility index (Phi) is 4.06. The van der Waals surface area contributed by atoms with Crippen LogP contribution in [0.3, 0.4) is 0 Å². The van der Waals surface area contributed by atoms with Crippen LogP contribution in [0, 0.1) is 5.82 Å². The molecule has 0 bridgehead atoms. The second-order valence-corrected chi connectivity index (χ2v) is 6.79. The van der Waals surface area contributed by atoms with E-state index in [9.17, 15) is 12.8 Å². The Morgan fingerprint density at radius 1 is 1.13 bits per heavy atom. The van der Waals surface area contributed by atoms with Crippen molar-refractivity contribution in [2.75, 3.05) is 4.72 Å². The zero-order valence-corrected chi connectivity index (χ0v) is 13.2. The number of hydrogen-bond donors (Lipinski definition) is 1. The summed E-state index contributed by atoms with van der Waals surface area (Å²) in [4.78, 5) is -0.0414. The summed E-state index contributed by atoms with van der Waals surface area (Å²) >= 11 is 5.98. The van der Waals surface area contributed by atoms with Gasteiger partial charge in [-0.15, -0.1) is 0 Å². The van der Waals surface area contributed by atoms with E-state index in [0.717, 1.165) is 12.1 Å². The molecule has 3 aromatic rings. The standard InChI is InChI=1S/C15H11ClFN3O2S/c16-11-2-7-14(15(10-11)20-9-1-8-18-20)19-23(21,22)13-5-3-12(17)4-6-13/h1-10,19H. The smallest absolute Gasteiger partial charge is 0.261 e. The molecule has 0 aliphatic heterocycles. The van der Waals surface area contributed by atoms with E-state index in [0.29, 0.717) is 16.4 Å². The van der Waals surface area contributed by atoms with Crippen LogP contribution >= 0.6 is 11.6 Å². The van der Waals surface area contributed by atoms with Gasteiger partial charge in [-0.1, -0.05) is 11.6 Å². The van der Waals surface area contributed by atoms with Crippen LogP contribution < -0.4 is 4.72 Å². The van der Waals surface area contributed by atoms with Gasteiger partial charge in [0.2, 0.25) is 0 Å². The molecule has 0 atom stereocenters. The number of nitrogens with one attached hydrogen (secondary N) is 1. The van der Waals surface area contributed by atoms with Crippen LogP contribution in [0.2, 0.25) is 5.02 Å². The molecule has 0 aliphatic carbocycles. The first-order chi connectivity index (χ1) is 11.0. The normalized spacial score (nSPS) is 11.4. The summed E-state index contributed by atoms with van der Waals surface area (Å²) in [6.07, 6.45) is 3.24. The average Bonchev–Trinajstić information content (AvgIpc) is 3.03. The van der Waals surface area contributed by atoms with E-state index < -0.39 is 15.8 Å². The molecule has 1 aromatic heterocycles. The van der Waals surface area contributed by atoms with E-state index >= 15 is 0 Å². The Labute approximate surface area is 137 Å². The summed E-state index contributed by atoms with van der Waals surface area (Å²) in [5, 5.41) is 4.52. The van der Waals surface area contributed by atoms with Crippen molar-refractivity contribution in [3.63, 3.8) is 0 Å². The molecule has 0 unspecified atom stereocenters. The molecule has 0 spiro atoms. The third-order valence-corrected chi connectivity index (χ3v) is 4.70. The molecule has 0 saturated carbocycles. The Bertz CT molecular complexity index is 926. The Balaban J connectivity index is 2.01. The van der Waals surface area contributed by atoms with Gasteiger partial charge in [-0.25, -0.2) is 17.5 Å². The zero-order valence-electron chi connectivity index (χ0n) is 11.6. The van der Waals surface area contributed by atoms with Crippen molar-refractivity contribution in [3.05, 3.63) is 71.8 Å². The molecule has 23 heavy (non-hydrogen) atoms. The van der Waals surface area contributed by atoms with Crippen LogP contribution in [-0.2, 0) is 10.0 Å². The molecule has 1 heterocycles. The lowest BCUT2D eigenvalue weighted by molar-refractivity contribution is 0.599. The molecule has 1 N–H and O–H groups in total. The number of anilines is 1. The highest BCUT2D eigenvalue weighted by molar-refractivity contribution is 7.92. The summed E-state index contributed by atoms with van der Waals surface area (Å²) < 4.78 is 41.8. The lowest BCUT2D eigenvalue weighted by Crippen LogP contribution is -2.15. The number of hydrogen-bond acceptors (Lipinski definition) is 3. The molecule has 0 aliphatic rings. The number of rotatable bonds is 4. The van der Waals surface area contributed by atoms with Crippen LogP contribution in [-0.4, -0.2) is 18.2 Å². The molecular weight excluding hydrogens is 341 g/mol. The van der Waals surface area contributed by atoms with Gasteiger partial charge in [0.25, 0.3) is 10.0 Å². The Morgan fingerprint density at radius 2 is 1.87 bits per heavy atom. The van der Waals surface area contributed by atoms with Gasteiger partial charge in [-0.3, -0.25) is 4.72 Å². The molecule has 8 heteroatoms. The minimum atomic E-state index is -3.86. The largest absolute Gasteiger partial charge is 0.277 e. The quantitative estimate of drug-likeness (QED) is 0.782. The lowest BCUT2D eigenvalue weighted by atomic mass is 10.3. The highest BCUT2D eigenvalue weighted by atomic mass is 35.5. The number of sulfonamides is 1. The number of aromatic nitrogens is 2. The molecule has 3 rings (SSSR count). The van der Waals surface area contributed by atoms with E-state index in [2.05, 4.69) is 9.82 Å². The van der Waals surface area contributed by atoms with E-state index in [1.807, 2.05) is 0 Å². The molecule has 0 amide bonds. The predicted molar refractivity (Wildman–Crippen MR) is 85.8 cm³/mol. The lowest BCUT2D eigenvalue weighted by Gasteiger charge is -2.13. The minimum absolute atomic E-state index is 0.0414. The van der Waals surface area contributed by atoms with Gasteiger partial charge in [0.15, 0.2) is 0 Å². The van der Waals surface area contributed by atoms with Crippen molar-refractivity contribution in [1.82, 2.24) is 9.78 Å². The molecule has 2 aromatic carbocycles. The fraction of sp³-hybridized carbons (Fsp3) is 0. The van der Waals surface area contributed by atoms with E-state index in [1.54, 1.807) is 36.7 Å². The first kappa shape index (κ1) is 15.5. The van der Waals surface area contributed by atoms with Gasteiger partial charge in [-0.05, 0) is 48.5 Å². The maximum Gasteiger partial charge on any atom is 0.261 e. The number of halogens is 2. The topological polar surface area (TPSA) is 64.0 Å². The van der Waals surface area contributed by atoms with Gasteiger partial charge in [0.1, 0.15) is 5.82 Å². The van der Waals surface area contributed by atoms with Crippen LogP contribution in [0.1, 0.15) is 0 Å². The predicted octanol–water partition coefficient (Wildman–Crippen LogP) is 3.47. The maximum absolute atomic E-state index is 13.0. The Hall–Kier alpha value is -2.38. The number of benzene rings is 2. The number of nitrogens with zero attached hydrogens (tertiary/aromatic N) is 2. The van der Waals surface area contributed by atoms with Crippen LogP contribution in [0.15, 0.2) is 65.8 Å².